The molecule has 19 heavy (non-hydrogen) atoms. The number of benzene rings is 2. The maximum atomic E-state index is 9.73. The monoisotopic (exact) mass is 257 g/mol. The van der Waals surface area contributed by atoms with Gasteiger partial charge in [-0.2, -0.15) is 0 Å². The van der Waals surface area contributed by atoms with Gasteiger partial charge in [0.25, 0.3) is 0 Å². The summed E-state index contributed by atoms with van der Waals surface area (Å²) in [5.41, 5.74) is 1.44. The molecule has 1 unspecified atom stereocenters. The van der Waals surface area contributed by atoms with Gasteiger partial charge in [0, 0.05) is 11.8 Å². The summed E-state index contributed by atoms with van der Waals surface area (Å²) in [5, 5.41) is 13.1. The molecule has 2 aromatic carbocycles. The number of anilines is 1. The third kappa shape index (κ3) is 3.06. The largest absolute Gasteiger partial charge is 0.497 e. The highest BCUT2D eigenvalue weighted by molar-refractivity contribution is 5.51. The molecular formula is C16H19NO2. The Morgan fingerprint density at radius 1 is 1.11 bits per heavy atom. The van der Waals surface area contributed by atoms with Gasteiger partial charge in [0.15, 0.2) is 0 Å². The van der Waals surface area contributed by atoms with Crippen molar-refractivity contribution in [3.8, 4) is 5.75 Å². The number of rotatable bonds is 5. The maximum Gasteiger partial charge on any atom is 0.120 e. The van der Waals surface area contributed by atoms with Crippen LogP contribution in [0.4, 0.5) is 5.69 Å². The average molecular weight is 257 g/mol. The molecule has 3 heteroatoms. The van der Waals surface area contributed by atoms with Crippen molar-refractivity contribution in [1.82, 2.24) is 0 Å². The number of nitrogens with one attached hydrogen (secondary N) is 1. The van der Waals surface area contributed by atoms with E-state index in [1.807, 2.05) is 61.5 Å². The van der Waals surface area contributed by atoms with Crippen LogP contribution in [0.5, 0.6) is 5.75 Å². The average Bonchev–Trinajstić information content (AvgIpc) is 2.48. The summed E-state index contributed by atoms with van der Waals surface area (Å²) in [6.07, 6.45) is 0. The second-order valence-electron chi connectivity index (χ2n) is 4.71. The van der Waals surface area contributed by atoms with Crippen molar-refractivity contribution in [1.29, 1.82) is 0 Å². The lowest BCUT2D eigenvalue weighted by molar-refractivity contribution is 0.224. The van der Waals surface area contributed by atoms with Gasteiger partial charge in [0.2, 0.25) is 0 Å². The molecule has 0 aliphatic heterocycles. The van der Waals surface area contributed by atoms with E-state index in [1.165, 1.54) is 0 Å². The zero-order chi connectivity index (χ0) is 13.7. The quantitative estimate of drug-likeness (QED) is 0.865. The van der Waals surface area contributed by atoms with Crippen LogP contribution in [0, 0.1) is 0 Å². The lowest BCUT2D eigenvalue weighted by Gasteiger charge is -2.30. The number of hydrogen-bond donors (Lipinski definition) is 2. The normalized spacial score (nSPS) is 13.6. The van der Waals surface area contributed by atoms with Gasteiger partial charge in [-0.15, -0.1) is 0 Å². The van der Waals surface area contributed by atoms with Crippen molar-refractivity contribution in [2.24, 2.45) is 0 Å². The minimum atomic E-state index is -0.520. The molecule has 100 valence electrons. The van der Waals surface area contributed by atoms with Crippen LogP contribution in [0.3, 0.4) is 0 Å². The lowest BCUT2D eigenvalue weighted by atomic mass is 9.92. The van der Waals surface area contributed by atoms with Gasteiger partial charge in [-0.1, -0.05) is 36.4 Å². The topological polar surface area (TPSA) is 41.5 Å². The van der Waals surface area contributed by atoms with Crippen molar-refractivity contribution in [2.75, 3.05) is 19.0 Å². The Bertz CT molecular complexity index is 527. The first-order chi connectivity index (χ1) is 9.18. The Balaban J connectivity index is 2.27. The van der Waals surface area contributed by atoms with Crippen molar-refractivity contribution in [3.05, 3.63) is 60.2 Å². The maximum absolute atomic E-state index is 9.73. The van der Waals surface area contributed by atoms with Crippen LogP contribution in [0.2, 0.25) is 0 Å². The van der Waals surface area contributed by atoms with Crippen LogP contribution < -0.4 is 10.1 Å². The van der Waals surface area contributed by atoms with Crippen molar-refractivity contribution in [3.63, 3.8) is 0 Å². The van der Waals surface area contributed by atoms with Gasteiger partial charge in [0.05, 0.1) is 19.3 Å². The van der Waals surface area contributed by atoms with E-state index >= 15 is 0 Å². The summed E-state index contributed by atoms with van der Waals surface area (Å²) >= 11 is 0. The predicted molar refractivity (Wildman–Crippen MR) is 77.5 cm³/mol. The molecule has 0 saturated carbocycles. The molecule has 0 amide bonds. The smallest absolute Gasteiger partial charge is 0.120 e. The van der Waals surface area contributed by atoms with E-state index in [4.69, 9.17) is 4.74 Å². The third-order valence-electron chi connectivity index (χ3n) is 3.22. The fourth-order valence-electron chi connectivity index (χ4n) is 2.03. The van der Waals surface area contributed by atoms with E-state index < -0.39 is 5.54 Å². The van der Waals surface area contributed by atoms with Gasteiger partial charge >= 0.3 is 0 Å². The van der Waals surface area contributed by atoms with Crippen LogP contribution >= 0.6 is 0 Å². The molecule has 2 rings (SSSR count). The molecule has 0 heterocycles. The molecule has 2 N–H and O–H groups in total. The van der Waals surface area contributed by atoms with E-state index in [2.05, 4.69) is 5.32 Å². The van der Waals surface area contributed by atoms with Crippen LogP contribution in [-0.2, 0) is 5.54 Å². The molecule has 0 fully saturated rings. The summed E-state index contributed by atoms with van der Waals surface area (Å²) in [4.78, 5) is 0. The van der Waals surface area contributed by atoms with Crippen LogP contribution in [0.1, 0.15) is 12.5 Å². The first-order valence-corrected chi connectivity index (χ1v) is 6.26. The molecule has 0 spiro atoms. The van der Waals surface area contributed by atoms with E-state index in [0.717, 1.165) is 17.0 Å². The van der Waals surface area contributed by atoms with Gasteiger partial charge < -0.3 is 15.2 Å². The molecule has 0 aliphatic carbocycles. The Kier molecular flexibility index (Phi) is 4.07. The molecule has 0 aliphatic rings. The Labute approximate surface area is 113 Å². The highest BCUT2D eigenvalue weighted by Crippen LogP contribution is 2.27. The predicted octanol–water partition coefficient (Wildman–Crippen LogP) is 3.01. The lowest BCUT2D eigenvalue weighted by Crippen LogP contribution is -2.35. The van der Waals surface area contributed by atoms with Crippen molar-refractivity contribution >= 4 is 5.69 Å². The zero-order valence-corrected chi connectivity index (χ0v) is 11.3. The van der Waals surface area contributed by atoms with E-state index in [9.17, 15) is 5.11 Å². The van der Waals surface area contributed by atoms with E-state index in [0.29, 0.717) is 0 Å². The summed E-state index contributed by atoms with van der Waals surface area (Å²) in [6.45, 7) is 1.98. The second kappa shape index (κ2) is 5.76. The van der Waals surface area contributed by atoms with Gasteiger partial charge in [-0.25, -0.2) is 0 Å². The van der Waals surface area contributed by atoms with Crippen LogP contribution in [0.25, 0.3) is 0 Å². The minimum Gasteiger partial charge on any atom is -0.497 e. The Morgan fingerprint density at radius 2 is 1.84 bits per heavy atom. The zero-order valence-electron chi connectivity index (χ0n) is 11.3. The molecule has 3 nitrogen and oxygen atoms in total. The Morgan fingerprint density at radius 3 is 2.47 bits per heavy atom. The van der Waals surface area contributed by atoms with Gasteiger partial charge in [-0.3, -0.25) is 0 Å². The number of aliphatic hydroxyl groups excluding tert-OH is 1. The van der Waals surface area contributed by atoms with Crippen molar-refractivity contribution < 1.29 is 9.84 Å². The van der Waals surface area contributed by atoms with E-state index in [-0.39, 0.29) is 6.61 Å². The number of ether oxygens (including phenoxy) is 1. The van der Waals surface area contributed by atoms with Gasteiger partial charge in [-0.05, 0) is 24.6 Å². The fraction of sp³-hybridized carbons (Fsp3) is 0.250. The molecule has 2 aromatic rings. The molecule has 0 aromatic heterocycles. The highest BCUT2D eigenvalue weighted by atomic mass is 16.5. The van der Waals surface area contributed by atoms with Crippen molar-refractivity contribution in [2.45, 2.75) is 12.5 Å². The number of aliphatic hydroxyl groups is 1. The molecule has 0 bridgehead atoms. The standard InChI is InChI=1S/C16H19NO2/c1-16(12-18,13-7-4-3-5-8-13)17-14-9-6-10-15(11-14)19-2/h3-11,17-18H,12H2,1-2H3. The Hall–Kier alpha value is -2.00. The van der Waals surface area contributed by atoms with Crippen LogP contribution in [-0.4, -0.2) is 18.8 Å². The summed E-state index contributed by atoms with van der Waals surface area (Å²) in [7, 11) is 1.64. The molecule has 0 radical (unpaired) electrons. The SMILES string of the molecule is COc1cccc(NC(C)(CO)c2ccccc2)c1. The molecule has 0 saturated heterocycles. The second-order valence-corrected chi connectivity index (χ2v) is 4.71. The summed E-state index contributed by atoms with van der Waals surface area (Å²) < 4.78 is 5.21. The summed E-state index contributed by atoms with van der Waals surface area (Å²) in [6, 6.07) is 17.6. The van der Waals surface area contributed by atoms with Gasteiger partial charge in [0.1, 0.15) is 5.75 Å². The molecular weight excluding hydrogens is 238 g/mol. The van der Waals surface area contributed by atoms with E-state index in [1.54, 1.807) is 7.11 Å². The third-order valence-corrected chi connectivity index (χ3v) is 3.22. The minimum absolute atomic E-state index is 0.00816. The first kappa shape index (κ1) is 13.4. The number of hydrogen-bond acceptors (Lipinski definition) is 3. The number of methoxy groups -OCH3 is 1. The summed E-state index contributed by atoms with van der Waals surface area (Å²) in [5.74, 6) is 0.790. The highest BCUT2D eigenvalue weighted by Gasteiger charge is 2.25. The molecule has 1 atom stereocenters. The first-order valence-electron chi connectivity index (χ1n) is 6.26. The van der Waals surface area contributed by atoms with Crippen LogP contribution in [0.15, 0.2) is 54.6 Å². The fourth-order valence-corrected chi connectivity index (χ4v) is 2.03.